The maximum atomic E-state index is 14.5. The van der Waals surface area contributed by atoms with E-state index in [0.717, 1.165) is 104 Å². The molecule has 0 atom stereocenters. The number of ether oxygens (including phenoxy) is 4. The number of rotatable bonds is 12. The van der Waals surface area contributed by atoms with Gasteiger partial charge >= 0.3 is 23.9 Å². The first-order valence-corrected chi connectivity index (χ1v) is 20.2. The van der Waals surface area contributed by atoms with Crippen LogP contribution in [0.15, 0.2) is 0 Å². The molecule has 5 aliphatic rings. The summed E-state index contributed by atoms with van der Waals surface area (Å²) in [6.45, 7) is 21.7. The van der Waals surface area contributed by atoms with Crippen molar-refractivity contribution in [3.05, 3.63) is 0 Å². The zero-order chi connectivity index (χ0) is 37.9. The quantitative estimate of drug-likeness (QED) is 0.171. The first kappa shape index (κ1) is 40.9. The third-order valence-corrected chi connectivity index (χ3v) is 13.4. The number of carbonyl (C=O) groups excluding carboxylic acids is 4. The molecule has 12 nitrogen and oxygen atoms in total. The Hall–Kier alpha value is -2.28. The minimum atomic E-state index is -1.26. The van der Waals surface area contributed by atoms with Crippen LogP contribution in [0.1, 0.15) is 107 Å². The maximum Gasteiger partial charge on any atom is 0.311 e. The van der Waals surface area contributed by atoms with Gasteiger partial charge in [-0.3, -0.25) is 19.2 Å². The topological polar surface area (TPSA) is 153 Å². The van der Waals surface area contributed by atoms with Crippen LogP contribution in [0.2, 0.25) is 0 Å². The average Bonchev–Trinajstić information content (AvgIpc) is 3.08. The van der Waals surface area contributed by atoms with Crippen LogP contribution in [-0.4, -0.2) is 98.6 Å². The highest BCUT2D eigenvalue weighted by atomic mass is 16.6. The molecule has 296 valence electrons. The highest BCUT2D eigenvalue weighted by Crippen LogP contribution is 2.52. The predicted octanol–water partition coefficient (Wildman–Crippen LogP) is 3.75. The van der Waals surface area contributed by atoms with E-state index in [0.29, 0.717) is 0 Å². The Labute approximate surface area is 311 Å². The van der Waals surface area contributed by atoms with Crippen LogP contribution in [0.4, 0.5) is 0 Å². The molecular weight excluding hydrogens is 664 g/mol. The molecule has 0 aromatic heterocycles. The lowest BCUT2D eigenvalue weighted by Gasteiger charge is -2.50. The summed E-state index contributed by atoms with van der Waals surface area (Å²) < 4.78 is 25.2. The van der Waals surface area contributed by atoms with Gasteiger partial charge in [0, 0.05) is 23.7 Å². The molecule has 12 heteroatoms. The van der Waals surface area contributed by atoms with Gasteiger partial charge in [-0.15, -0.1) is 0 Å². The van der Waals surface area contributed by atoms with E-state index in [9.17, 15) is 19.2 Å². The van der Waals surface area contributed by atoms with Gasteiger partial charge in [-0.25, -0.2) is 0 Å². The van der Waals surface area contributed by atoms with Gasteiger partial charge < -0.3 is 40.2 Å². The van der Waals surface area contributed by atoms with E-state index in [2.05, 4.69) is 21.3 Å². The van der Waals surface area contributed by atoms with Gasteiger partial charge in [0.1, 0.15) is 22.4 Å². The van der Waals surface area contributed by atoms with Crippen molar-refractivity contribution in [3.8, 4) is 0 Å². The summed E-state index contributed by atoms with van der Waals surface area (Å²) in [6, 6.07) is 0. The third kappa shape index (κ3) is 9.32. The summed E-state index contributed by atoms with van der Waals surface area (Å²) in [4.78, 5) is 58.1. The highest BCUT2D eigenvalue weighted by molar-refractivity contribution is 5.98. The second kappa shape index (κ2) is 16.6. The van der Waals surface area contributed by atoms with E-state index in [1.54, 1.807) is 0 Å². The van der Waals surface area contributed by atoms with Crippen molar-refractivity contribution < 1.29 is 38.1 Å². The second-order valence-electron chi connectivity index (χ2n) is 18.3. The average molecular weight is 733 g/mol. The minimum absolute atomic E-state index is 0.0952. The van der Waals surface area contributed by atoms with Crippen LogP contribution in [0.5, 0.6) is 0 Å². The summed E-state index contributed by atoms with van der Waals surface area (Å²) in [5.41, 5.74) is -3.41. The molecule has 0 unspecified atom stereocenters. The summed E-state index contributed by atoms with van der Waals surface area (Å²) in [6.07, 6.45) is 6.65. The van der Waals surface area contributed by atoms with E-state index in [1.807, 2.05) is 55.4 Å². The largest absolute Gasteiger partial charge is 0.459 e. The molecule has 4 saturated heterocycles. The molecule has 4 heterocycles. The second-order valence-corrected chi connectivity index (χ2v) is 18.3. The molecule has 0 amide bonds. The Morgan fingerprint density at radius 3 is 0.654 bits per heavy atom. The first-order chi connectivity index (χ1) is 24.4. The Bertz CT molecular complexity index is 1060. The zero-order valence-electron chi connectivity index (χ0n) is 33.2. The van der Waals surface area contributed by atoms with Crippen LogP contribution < -0.4 is 21.3 Å². The van der Waals surface area contributed by atoms with Crippen LogP contribution in [0.3, 0.4) is 0 Å². The fraction of sp³-hybridized carbons (Fsp3) is 0.900. The molecule has 5 rings (SSSR count). The molecule has 0 aromatic carbocycles. The molecule has 52 heavy (non-hydrogen) atoms. The van der Waals surface area contributed by atoms with E-state index in [4.69, 9.17) is 18.9 Å². The monoisotopic (exact) mass is 733 g/mol. The lowest BCUT2D eigenvalue weighted by atomic mass is 9.56. The molecule has 1 saturated carbocycles. The Balaban J connectivity index is 1.48. The number of hydrogen-bond donors (Lipinski definition) is 4. The Kier molecular flexibility index (Phi) is 13.1. The smallest absolute Gasteiger partial charge is 0.311 e. The SMILES string of the molecule is CC(C)(OC(=O)C1C(C(=O)OC(C)(C)C2CCNCC2)C(C(=O)OC(C)(C)C2CCNCC2)C1C(=O)OC(C)(C)C1CCNCC1)C1CCNCC1. The minimum Gasteiger partial charge on any atom is -0.459 e. The van der Waals surface area contributed by atoms with Gasteiger partial charge in [0.2, 0.25) is 0 Å². The first-order valence-electron chi connectivity index (χ1n) is 20.2. The molecule has 5 fully saturated rings. The normalized spacial score (nSPS) is 28.0. The molecule has 0 aromatic rings. The zero-order valence-corrected chi connectivity index (χ0v) is 33.2. The number of esters is 4. The van der Waals surface area contributed by atoms with Crippen LogP contribution in [-0.2, 0) is 38.1 Å². The lowest BCUT2D eigenvalue weighted by molar-refractivity contribution is -0.220. The highest BCUT2D eigenvalue weighted by Gasteiger charge is 2.67. The number of piperidine rings is 4. The van der Waals surface area contributed by atoms with Crippen molar-refractivity contribution in [1.29, 1.82) is 0 Å². The summed E-state index contributed by atoms with van der Waals surface area (Å²) in [7, 11) is 0. The van der Waals surface area contributed by atoms with Crippen molar-refractivity contribution in [2.45, 2.75) is 129 Å². The molecular formula is C40H68N4O8. The molecule has 1 aliphatic carbocycles. The van der Waals surface area contributed by atoms with Gasteiger partial charge in [-0.1, -0.05) is 0 Å². The van der Waals surface area contributed by atoms with Gasteiger partial charge in [0.25, 0.3) is 0 Å². The van der Waals surface area contributed by atoms with E-state index >= 15 is 0 Å². The summed E-state index contributed by atoms with van der Waals surface area (Å²) >= 11 is 0. The van der Waals surface area contributed by atoms with E-state index in [1.165, 1.54) is 0 Å². The summed E-state index contributed by atoms with van der Waals surface area (Å²) in [5.74, 6) is -7.34. The van der Waals surface area contributed by atoms with Crippen LogP contribution >= 0.6 is 0 Å². The Morgan fingerprint density at radius 1 is 0.346 bits per heavy atom. The maximum absolute atomic E-state index is 14.5. The number of hydrogen-bond acceptors (Lipinski definition) is 12. The standard InChI is InChI=1S/C40H68N4O8/c1-37(2,25-9-17-41-18-10-25)49-33(45)29-30(34(46)50-38(3,4)26-11-19-42-20-12-26)32(36(48)52-40(7,8)28-15-23-44-24-16-28)31(29)35(47)51-39(5,6)27-13-21-43-22-14-27/h25-32,41-44H,9-24H2,1-8H3. The summed E-state index contributed by atoms with van der Waals surface area (Å²) in [5, 5.41) is 13.4. The van der Waals surface area contributed by atoms with Crippen LogP contribution in [0, 0.1) is 47.3 Å². The third-order valence-electron chi connectivity index (χ3n) is 13.4. The van der Waals surface area contributed by atoms with E-state index < -0.39 is 70.0 Å². The predicted molar refractivity (Wildman–Crippen MR) is 197 cm³/mol. The van der Waals surface area contributed by atoms with Gasteiger partial charge in [0.05, 0.1) is 23.7 Å². The van der Waals surface area contributed by atoms with E-state index in [-0.39, 0.29) is 23.7 Å². The number of carbonyl (C=O) groups is 4. The van der Waals surface area contributed by atoms with Crippen molar-refractivity contribution in [1.82, 2.24) is 21.3 Å². The Morgan fingerprint density at radius 2 is 0.500 bits per heavy atom. The van der Waals surface area contributed by atoms with Crippen molar-refractivity contribution in [3.63, 3.8) is 0 Å². The van der Waals surface area contributed by atoms with Gasteiger partial charge in [0.15, 0.2) is 0 Å². The molecule has 0 bridgehead atoms. The van der Waals surface area contributed by atoms with Gasteiger partial charge in [-0.2, -0.15) is 0 Å². The molecule has 0 radical (unpaired) electrons. The van der Waals surface area contributed by atoms with Crippen molar-refractivity contribution in [2.24, 2.45) is 47.3 Å². The van der Waals surface area contributed by atoms with Gasteiger partial charge in [-0.05, 0) is 159 Å². The van der Waals surface area contributed by atoms with Crippen molar-refractivity contribution in [2.75, 3.05) is 52.4 Å². The molecule has 0 spiro atoms. The molecule has 4 N–H and O–H groups in total. The fourth-order valence-electron chi connectivity index (χ4n) is 9.63. The van der Waals surface area contributed by atoms with Crippen molar-refractivity contribution >= 4 is 23.9 Å². The number of nitrogens with one attached hydrogen (secondary N) is 4. The fourth-order valence-corrected chi connectivity index (χ4v) is 9.63. The lowest BCUT2D eigenvalue weighted by Crippen LogP contribution is -2.64. The molecule has 4 aliphatic heterocycles. The van der Waals surface area contributed by atoms with Crippen LogP contribution in [0.25, 0.3) is 0 Å².